The summed E-state index contributed by atoms with van der Waals surface area (Å²) in [5.74, 6) is -0.623. The highest BCUT2D eigenvalue weighted by molar-refractivity contribution is 7.99. The van der Waals surface area contributed by atoms with Gasteiger partial charge in [-0.3, -0.25) is 9.59 Å². The Hall–Kier alpha value is -0.710. The molecule has 0 aliphatic carbocycles. The number of aliphatic carboxylic acids is 1. The Morgan fingerprint density at radius 3 is 2.47 bits per heavy atom. The Bertz CT molecular complexity index is 234. The molecule has 17 heavy (non-hydrogen) atoms. The van der Waals surface area contributed by atoms with Crippen LogP contribution >= 0.6 is 11.8 Å². The minimum Gasteiger partial charge on any atom is -0.481 e. The van der Waals surface area contributed by atoms with Crippen molar-refractivity contribution in [1.82, 2.24) is 5.32 Å². The average molecular weight is 261 g/mol. The SMILES string of the molecule is CSC(C)CC(=O)NCCCCCCC(=O)O. The molecule has 0 aromatic heterocycles. The van der Waals surface area contributed by atoms with Crippen LogP contribution in [0.15, 0.2) is 0 Å². The van der Waals surface area contributed by atoms with Crippen LogP contribution in [0, 0.1) is 0 Å². The first kappa shape index (κ1) is 16.3. The Balaban J connectivity index is 3.27. The van der Waals surface area contributed by atoms with Gasteiger partial charge in [-0.25, -0.2) is 0 Å². The van der Waals surface area contributed by atoms with Gasteiger partial charge in [-0.1, -0.05) is 19.8 Å². The van der Waals surface area contributed by atoms with Crippen molar-refractivity contribution in [3.8, 4) is 0 Å². The van der Waals surface area contributed by atoms with E-state index in [0.717, 1.165) is 25.7 Å². The van der Waals surface area contributed by atoms with Crippen LogP contribution in [0.2, 0.25) is 0 Å². The number of nitrogens with one attached hydrogen (secondary N) is 1. The highest BCUT2D eigenvalue weighted by Crippen LogP contribution is 2.09. The first-order valence-corrected chi connectivity index (χ1v) is 7.36. The number of hydrogen-bond acceptors (Lipinski definition) is 3. The van der Waals surface area contributed by atoms with E-state index < -0.39 is 5.97 Å². The van der Waals surface area contributed by atoms with Gasteiger partial charge in [0.15, 0.2) is 0 Å². The summed E-state index contributed by atoms with van der Waals surface area (Å²) < 4.78 is 0. The maximum atomic E-state index is 11.4. The fraction of sp³-hybridized carbons (Fsp3) is 0.833. The number of carboxylic acid groups (broad SMARTS) is 1. The quantitative estimate of drug-likeness (QED) is 0.592. The molecule has 0 radical (unpaired) electrons. The summed E-state index contributed by atoms with van der Waals surface area (Å²) in [5.41, 5.74) is 0. The second-order valence-corrected chi connectivity index (χ2v) is 5.43. The molecule has 0 saturated carbocycles. The molecule has 0 rings (SSSR count). The van der Waals surface area contributed by atoms with Gasteiger partial charge >= 0.3 is 5.97 Å². The zero-order valence-corrected chi connectivity index (χ0v) is 11.5. The van der Waals surface area contributed by atoms with E-state index in [1.54, 1.807) is 11.8 Å². The summed E-state index contributed by atoms with van der Waals surface area (Å²) in [5, 5.41) is 11.7. The molecule has 1 atom stereocenters. The lowest BCUT2D eigenvalue weighted by atomic mass is 10.1. The monoisotopic (exact) mass is 261 g/mol. The van der Waals surface area contributed by atoms with Gasteiger partial charge in [0, 0.05) is 24.6 Å². The molecule has 0 saturated heterocycles. The standard InChI is InChI=1S/C12H23NO3S/c1-10(17-2)9-11(14)13-8-6-4-3-5-7-12(15)16/h10H,3-9H2,1-2H3,(H,13,14)(H,15,16). The molecule has 0 spiro atoms. The van der Waals surface area contributed by atoms with E-state index in [1.807, 2.05) is 13.2 Å². The third-order valence-corrected chi connectivity index (χ3v) is 3.49. The lowest BCUT2D eigenvalue weighted by Gasteiger charge is -2.08. The topological polar surface area (TPSA) is 66.4 Å². The van der Waals surface area contributed by atoms with Gasteiger partial charge < -0.3 is 10.4 Å². The summed E-state index contributed by atoms with van der Waals surface area (Å²) in [4.78, 5) is 21.6. The van der Waals surface area contributed by atoms with Crippen LogP contribution in [0.4, 0.5) is 0 Å². The first-order chi connectivity index (χ1) is 8.06. The fourth-order valence-corrected chi connectivity index (χ4v) is 1.72. The van der Waals surface area contributed by atoms with Crippen LogP contribution in [-0.2, 0) is 9.59 Å². The average Bonchev–Trinajstić information content (AvgIpc) is 2.27. The van der Waals surface area contributed by atoms with E-state index in [-0.39, 0.29) is 12.3 Å². The highest BCUT2D eigenvalue weighted by atomic mass is 32.2. The lowest BCUT2D eigenvalue weighted by Crippen LogP contribution is -2.26. The Labute approximate surface area is 108 Å². The van der Waals surface area contributed by atoms with Crippen LogP contribution in [0.25, 0.3) is 0 Å². The van der Waals surface area contributed by atoms with Crippen LogP contribution < -0.4 is 5.32 Å². The molecule has 0 bridgehead atoms. The highest BCUT2D eigenvalue weighted by Gasteiger charge is 2.06. The summed E-state index contributed by atoms with van der Waals surface area (Å²) >= 11 is 1.69. The molecule has 0 aliphatic heterocycles. The Kier molecular flexibility index (Phi) is 10.0. The molecule has 100 valence electrons. The summed E-state index contributed by atoms with van der Waals surface area (Å²) in [7, 11) is 0. The molecule has 1 unspecified atom stereocenters. The molecule has 0 aromatic carbocycles. The van der Waals surface area contributed by atoms with Gasteiger partial charge in [0.05, 0.1) is 0 Å². The number of carbonyl (C=O) groups is 2. The van der Waals surface area contributed by atoms with Crippen LogP contribution in [0.1, 0.15) is 45.4 Å². The predicted octanol–water partition coefficient (Wildman–Crippen LogP) is 2.28. The Morgan fingerprint density at radius 2 is 1.88 bits per heavy atom. The van der Waals surface area contributed by atoms with Gasteiger partial charge in [0.1, 0.15) is 0 Å². The minimum atomic E-state index is -0.732. The zero-order valence-electron chi connectivity index (χ0n) is 10.7. The maximum absolute atomic E-state index is 11.4. The van der Waals surface area contributed by atoms with Crippen molar-refractivity contribution in [2.24, 2.45) is 0 Å². The summed E-state index contributed by atoms with van der Waals surface area (Å²) in [6.45, 7) is 2.74. The van der Waals surface area contributed by atoms with Crippen LogP contribution in [0.3, 0.4) is 0 Å². The van der Waals surface area contributed by atoms with Crippen LogP contribution in [-0.4, -0.2) is 35.0 Å². The molecule has 0 aromatic rings. The van der Waals surface area contributed by atoms with Gasteiger partial charge in [-0.05, 0) is 19.1 Å². The molecule has 1 amide bonds. The minimum absolute atomic E-state index is 0.109. The fourth-order valence-electron chi connectivity index (χ4n) is 1.40. The number of amides is 1. The van der Waals surface area contributed by atoms with E-state index in [1.165, 1.54) is 0 Å². The maximum Gasteiger partial charge on any atom is 0.303 e. The van der Waals surface area contributed by atoms with Gasteiger partial charge in [-0.15, -0.1) is 0 Å². The van der Waals surface area contributed by atoms with Gasteiger partial charge in [0.25, 0.3) is 0 Å². The van der Waals surface area contributed by atoms with Crippen molar-refractivity contribution >= 4 is 23.6 Å². The number of thioether (sulfide) groups is 1. The van der Waals surface area contributed by atoms with E-state index in [9.17, 15) is 9.59 Å². The Morgan fingerprint density at radius 1 is 1.24 bits per heavy atom. The van der Waals surface area contributed by atoms with Gasteiger partial charge in [0.2, 0.25) is 5.91 Å². The molecular weight excluding hydrogens is 238 g/mol. The van der Waals surface area contributed by atoms with Crippen molar-refractivity contribution in [3.05, 3.63) is 0 Å². The molecule has 0 aliphatic rings. The van der Waals surface area contributed by atoms with E-state index in [2.05, 4.69) is 5.32 Å². The summed E-state index contributed by atoms with van der Waals surface area (Å²) in [6.07, 6.45) is 6.37. The van der Waals surface area contributed by atoms with Crippen molar-refractivity contribution in [3.63, 3.8) is 0 Å². The molecular formula is C12H23NO3S. The second-order valence-electron chi connectivity index (χ2n) is 4.16. The van der Waals surface area contributed by atoms with Gasteiger partial charge in [-0.2, -0.15) is 11.8 Å². The van der Waals surface area contributed by atoms with Crippen molar-refractivity contribution in [2.75, 3.05) is 12.8 Å². The molecule has 5 heteroatoms. The molecule has 0 heterocycles. The smallest absolute Gasteiger partial charge is 0.303 e. The molecule has 0 fully saturated rings. The van der Waals surface area contributed by atoms with Crippen LogP contribution in [0.5, 0.6) is 0 Å². The number of rotatable bonds is 10. The van der Waals surface area contributed by atoms with E-state index in [4.69, 9.17) is 5.11 Å². The van der Waals surface area contributed by atoms with E-state index >= 15 is 0 Å². The number of unbranched alkanes of at least 4 members (excludes halogenated alkanes) is 3. The number of carbonyl (C=O) groups excluding carboxylic acids is 1. The third-order valence-electron chi connectivity index (χ3n) is 2.51. The normalized spacial score (nSPS) is 12.1. The first-order valence-electron chi connectivity index (χ1n) is 6.07. The second kappa shape index (κ2) is 10.4. The van der Waals surface area contributed by atoms with Crippen molar-refractivity contribution in [2.45, 2.75) is 50.7 Å². The van der Waals surface area contributed by atoms with Crippen molar-refractivity contribution in [1.29, 1.82) is 0 Å². The largest absolute Gasteiger partial charge is 0.481 e. The van der Waals surface area contributed by atoms with Crippen molar-refractivity contribution < 1.29 is 14.7 Å². The zero-order chi connectivity index (χ0) is 13.1. The molecule has 4 nitrogen and oxygen atoms in total. The number of carboxylic acids is 1. The predicted molar refractivity (Wildman–Crippen MR) is 71.3 cm³/mol. The summed E-state index contributed by atoms with van der Waals surface area (Å²) in [6, 6.07) is 0. The van der Waals surface area contributed by atoms with E-state index in [0.29, 0.717) is 18.2 Å². The molecule has 2 N–H and O–H groups in total. The third kappa shape index (κ3) is 11.6. The number of hydrogen-bond donors (Lipinski definition) is 2. The lowest BCUT2D eigenvalue weighted by molar-refractivity contribution is -0.137.